The van der Waals surface area contributed by atoms with Crippen molar-refractivity contribution in [2.45, 2.75) is 75.8 Å². The molecule has 5 rings (SSSR count). The van der Waals surface area contributed by atoms with Gasteiger partial charge in [0.25, 0.3) is 5.89 Å². The number of rotatable bonds is 7. The maximum Gasteiger partial charge on any atom is 0.573 e. The fraction of sp³-hybridized carbons (Fsp3) is 0.464. The average molecular weight is 530 g/mol. The van der Waals surface area contributed by atoms with E-state index in [1.807, 2.05) is 43.9 Å². The van der Waals surface area contributed by atoms with Crippen LogP contribution in [0.3, 0.4) is 0 Å². The zero-order valence-electron chi connectivity index (χ0n) is 21.5. The van der Waals surface area contributed by atoms with E-state index in [1.165, 1.54) is 29.8 Å². The molecule has 0 radical (unpaired) electrons. The molecule has 1 aromatic heterocycles. The Morgan fingerprint density at radius 3 is 2.34 bits per heavy atom. The number of aromatic nitrogens is 2. The van der Waals surface area contributed by atoms with Crippen LogP contribution in [0.5, 0.6) is 5.75 Å². The molecular formula is C28H30F3N3O4. The molecule has 202 valence electrons. The smallest absolute Gasteiger partial charge is 0.444 e. The van der Waals surface area contributed by atoms with Crippen LogP contribution in [0, 0.1) is 0 Å². The van der Waals surface area contributed by atoms with E-state index in [9.17, 15) is 18.0 Å². The normalized spacial score (nSPS) is 20.4. The first-order valence-corrected chi connectivity index (χ1v) is 12.7. The molecule has 2 aliphatic rings. The van der Waals surface area contributed by atoms with E-state index in [0.29, 0.717) is 17.9 Å². The minimum absolute atomic E-state index is 0.0114. The topological polar surface area (TPSA) is 77.7 Å². The second-order valence-electron chi connectivity index (χ2n) is 11.1. The van der Waals surface area contributed by atoms with Crippen molar-refractivity contribution in [2.24, 2.45) is 0 Å². The standard InChI is InChI=1S/C28H30F3N3O4/c1-26(2,3)37-25(35)34(22-16-21(22)18-8-5-4-6-9-18)17-27(14-7-15-27)24-32-23(38-33-24)19-10-12-20(13-11-19)36-28(29,30)31/h4-6,8-13,21-22H,7,14-17H2,1-3H3. The predicted molar refractivity (Wildman–Crippen MR) is 132 cm³/mol. The summed E-state index contributed by atoms with van der Waals surface area (Å²) in [6.45, 7) is 5.94. The van der Waals surface area contributed by atoms with Crippen LogP contribution in [-0.2, 0) is 10.2 Å². The van der Waals surface area contributed by atoms with Gasteiger partial charge in [-0.1, -0.05) is 41.9 Å². The van der Waals surface area contributed by atoms with Crippen LogP contribution >= 0.6 is 0 Å². The molecule has 0 N–H and O–H groups in total. The van der Waals surface area contributed by atoms with Gasteiger partial charge in [-0.2, -0.15) is 4.98 Å². The summed E-state index contributed by atoms with van der Waals surface area (Å²) in [5.41, 5.74) is 0.541. The molecule has 7 nitrogen and oxygen atoms in total. The van der Waals surface area contributed by atoms with Gasteiger partial charge in [0, 0.05) is 24.1 Å². The summed E-state index contributed by atoms with van der Waals surface area (Å²) in [7, 11) is 0. The summed E-state index contributed by atoms with van der Waals surface area (Å²) in [5, 5.41) is 4.24. The van der Waals surface area contributed by atoms with Gasteiger partial charge in [-0.05, 0) is 69.9 Å². The zero-order valence-corrected chi connectivity index (χ0v) is 21.5. The molecule has 0 saturated heterocycles. The second-order valence-corrected chi connectivity index (χ2v) is 11.1. The Labute approximate surface area is 218 Å². The summed E-state index contributed by atoms with van der Waals surface area (Å²) in [5.74, 6) is 0.586. The Morgan fingerprint density at radius 1 is 1.08 bits per heavy atom. The van der Waals surface area contributed by atoms with Crippen molar-refractivity contribution in [2.75, 3.05) is 6.54 Å². The number of hydrogen-bond acceptors (Lipinski definition) is 6. The maximum absolute atomic E-state index is 13.4. The highest BCUT2D eigenvalue weighted by Crippen LogP contribution is 2.49. The number of hydrogen-bond donors (Lipinski definition) is 0. The zero-order chi connectivity index (χ0) is 27.1. The molecule has 2 aliphatic carbocycles. The molecule has 0 spiro atoms. The molecule has 2 atom stereocenters. The molecule has 3 aromatic rings. The van der Waals surface area contributed by atoms with Gasteiger partial charge >= 0.3 is 12.5 Å². The lowest BCUT2D eigenvalue weighted by atomic mass is 9.67. The van der Waals surface area contributed by atoms with E-state index < -0.39 is 17.4 Å². The Morgan fingerprint density at radius 2 is 1.76 bits per heavy atom. The van der Waals surface area contributed by atoms with Gasteiger partial charge in [-0.15, -0.1) is 13.2 Å². The minimum Gasteiger partial charge on any atom is -0.444 e. The molecule has 2 aromatic carbocycles. The summed E-state index contributed by atoms with van der Waals surface area (Å²) in [6.07, 6.45) is -1.75. The quantitative estimate of drug-likeness (QED) is 0.333. The molecule has 2 fully saturated rings. The third-order valence-corrected chi connectivity index (χ3v) is 7.03. The Balaban J connectivity index is 1.36. The van der Waals surface area contributed by atoms with Crippen molar-refractivity contribution in [1.82, 2.24) is 15.0 Å². The lowest BCUT2D eigenvalue weighted by Crippen LogP contribution is -2.50. The first-order valence-electron chi connectivity index (χ1n) is 12.7. The number of alkyl halides is 3. The Bertz CT molecular complexity index is 1260. The van der Waals surface area contributed by atoms with Gasteiger partial charge < -0.3 is 18.9 Å². The van der Waals surface area contributed by atoms with E-state index in [4.69, 9.17) is 9.26 Å². The van der Waals surface area contributed by atoms with Gasteiger partial charge in [-0.3, -0.25) is 0 Å². The van der Waals surface area contributed by atoms with E-state index in [2.05, 4.69) is 27.0 Å². The number of carbonyl (C=O) groups is 1. The van der Waals surface area contributed by atoms with Gasteiger partial charge in [0.15, 0.2) is 5.82 Å². The average Bonchev–Trinajstić information content (AvgIpc) is 3.44. The number of carbonyl (C=O) groups excluding carboxylic acids is 1. The van der Waals surface area contributed by atoms with Crippen LogP contribution in [0.25, 0.3) is 11.5 Å². The Kier molecular flexibility index (Phi) is 6.61. The molecule has 38 heavy (non-hydrogen) atoms. The molecule has 0 bridgehead atoms. The van der Waals surface area contributed by atoms with E-state index >= 15 is 0 Å². The fourth-order valence-electron chi connectivity index (χ4n) is 4.96. The van der Waals surface area contributed by atoms with Crippen molar-refractivity contribution in [3.8, 4) is 17.2 Å². The van der Waals surface area contributed by atoms with Gasteiger partial charge in [0.1, 0.15) is 11.4 Å². The second kappa shape index (κ2) is 9.63. The lowest BCUT2D eigenvalue weighted by Gasteiger charge is -2.43. The van der Waals surface area contributed by atoms with Crippen molar-refractivity contribution >= 4 is 6.09 Å². The predicted octanol–water partition coefficient (Wildman–Crippen LogP) is 6.85. The van der Waals surface area contributed by atoms with Crippen LogP contribution in [0.4, 0.5) is 18.0 Å². The monoisotopic (exact) mass is 529 g/mol. The first-order chi connectivity index (χ1) is 17.9. The molecule has 2 unspecified atom stereocenters. The molecule has 2 saturated carbocycles. The summed E-state index contributed by atoms with van der Waals surface area (Å²) in [4.78, 5) is 19.8. The van der Waals surface area contributed by atoms with Crippen molar-refractivity contribution in [3.05, 3.63) is 66.0 Å². The highest BCUT2D eigenvalue weighted by Gasteiger charge is 2.52. The maximum atomic E-state index is 13.4. The van der Waals surface area contributed by atoms with Gasteiger partial charge in [0.2, 0.25) is 0 Å². The molecule has 10 heteroatoms. The van der Waals surface area contributed by atoms with Crippen LogP contribution in [0.2, 0.25) is 0 Å². The van der Waals surface area contributed by atoms with Crippen LogP contribution < -0.4 is 4.74 Å². The van der Waals surface area contributed by atoms with Gasteiger partial charge in [0.05, 0.1) is 5.41 Å². The number of nitrogens with zero attached hydrogens (tertiary/aromatic N) is 3. The van der Waals surface area contributed by atoms with Crippen LogP contribution in [-0.4, -0.2) is 45.7 Å². The molecular weight excluding hydrogens is 499 g/mol. The molecule has 0 aliphatic heterocycles. The number of benzene rings is 2. The lowest BCUT2D eigenvalue weighted by molar-refractivity contribution is -0.274. The minimum atomic E-state index is -4.77. The van der Waals surface area contributed by atoms with Gasteiger partial charge in [-0.25, -0.2) is 4.79 Å². The number of halogens is 3. The number of ether oxygens (including phenoxy) is 2. The third-order valence-electron chi connectivity index (χ3n) is 7.03. The van der Waals surface area contributed by atoms with Crippen molar-refractivity contribution in [3.63, 3.8) is 0 Å². The molecule has 1 heterocycles. The third kappa shape index (κ3) is 5.79. The summed E-state index contributed by atoms with van der Waals surface area (Å²) in [6, 6.07) is 15.4. The summed E-state index contributed by atoms with van der Waals surface area (Å²) >= 11 is 0. The SMILES string of the molecule is CC(C)(C)OC(=O)N(CC1(c2noc(-c3ccc(OC(F)(F)F)cc3)n2)CCC1)C1CC1c1ccccc1. The fourth-order valence-corrected chi connectivity index (χ4v) is 4.96. The number of amides is 1. The van der Waals surface area contributed by atoms with Crippen LogP contribution in [0.15, 0.2) is 59.1 Å². The Hall–Kier alpha value is -3.56. The first kappa shape index (κ1) is 26.1. The van der Waals surface area contributed by atoms with Crippen molar-refractivity contribution in [1.29, 1.82) is 0 Å². The van der Waals surface area contributed by atoms with E-state index in [-0.39, 0.29) is 29.7 Å². The van der Waals surface area contributed by atoms with E-state index in [1.54, 1.807) is 0 Å². The molecule has 1 amide bonds. The summed E-state index contributed by atoms with van der Waals surface area (Å²) < 4.78 is 52.7. The van der Waals surface area contributed by atoms with Crippen molar-refractivity contribution < 1.29 is 32.0 Å². The van der Waals surface area contributed by atoms with Crippen LogP contribution in [0.1, 0.15) is 63.8 Å². The van der Waals surface area contributed by atoms with E-state index in [0.717, 1.165) is 25.7 Å². The highest BCUT2D eigenvalue weighted by molar-refractivity contribution is 5.70. The highest BCUT2D eigenvalue weighted by atomic mass is 19.4. The largest absolute Gasteiger partial charge is 0.573 e.